The van der Waals surface area contributed by atoms with Crippen LogP contribution in [0.25, 0.3) is 0 Å². The predicted molar refractivity (Wildman–Crippen MR) is 84.4 cm³/mol. The SMILES string of the molecule is [CH2]CCC/C=C/CC(C)CCCCCCCC[CH2]. The topological polar surface area (TPSA) is 0 Å². The molecular weight excluding hydrogens is 216 g/mol. The molecule has 0 heteroatoms. The van der Waals surface area contributed by atoms with Gasteiger partial charge in [0.2, 0.25) is 0 Å². The molecule has 0 saturated heterocycles. The molecule has 0 bridgehead atoms. The summed E-state index contributed by atoms with van der Waals surface area (Å²) >= 11 is 0. The van der Waals surface area contributed by atoms with E-state index < -0.39 is 0 Å². The molecule has 0 N–H and O–H groups in total. The van der Waals surface area contributed by atoms with Crippen molar-refractivity contribution >= 4 is 0 Å². The molecule has 0 aromatic heterocycles. The molecule has 0 amide bonds. The van der Waals surface area contributed by atoms with Gasteiger partial charge in [0.05, 0.1) is 0 Å². The van der Waals surface area contributed by atoms with Gasteiger partial charge in [0.25, 0.3) is 0 Å². The lowest BCUT2D eigenvalue weighted by atomic mass is 9.98. The summed E-state index contributed by atoms with van der Waals surface area (Å²) in [6.45, 7) is 10.1. The van der Waals surface area contributed by atoms with Crippen LogP contribution in [-0.4, -0.2) is 0 Å². The molecule has 0 rings (SSSR count). The molecule has 2 radical (unpaired) electrons. The number of rotatable bonds is 13. The summed E-state index contributed by atoms with van der Waals surface area (Å²) in [5.74, 6) is 0.862. The Bertz CT molecular complexity index is 169. The maximum atomic E-state index is 3.88. The van der Waals surface area contributed by atoms with E-state index in [-0.39, 0.29) is 0 Å². The molecule has 0 spiro atoms. The van der Waals surface area contributed by atoms with Crippen molar-refractivity contribution in [2.75, 3.05) is 0 Å². The van der Waals surface area contributed by atoms with Crippen LogP contribution in [0.15, 0.2) is 12.2 Å². The summed E-state index contributed by atoms with van der Waals surface area (Å²) in [6.07, 6.45) is 20.4. The third-order valence-electron chi connectivity index (χ3n) is 3.52. The number of hydrogen-bond donors (Lipinski definition) is 0. The van der Waals surface area contributed by atoms with Crippen molar-refractivity contribution in [3.8, 4) is 0 Å². The highest BCUT2D eigenvalue weighted by atomic mass is 14.0. The Kier molecular flexibility index (Phi) is 14.6. The molecule has 0 aromatic rings. The Morgan fingerprint density at radius 2 is 1.39 bits per heavy atom. The highest BCUT2D eigenvalue weighted by Gasteiger charge is 1.99. The van der Waals surface area contributed by atoms with Gasteiger partial charge < -0.3 is 0 Å². The highest BCUT2D eigenvalue weighted by Crippen LogP contribution is 2.15. The second-order valence-corrected chi connectivity index (χ2v) is 5.57. The van der Waals surface area contributed by atoms with E-state index in [1.807, 2.05) is 0 Å². The summed E-state index contributed by atoms with van der Waals surface area (Å²) in [5.41, 5.74) is 0. The van der Waals surface area contributed by atoms with Crippen LogP contribution >= 0.6 is 0 Å². The summed E-state index contributed by atoms with van der Waals surface area (Å²) in [5, 5.41) is 0. The Morgan fingerprint density at radius 1 is 0.778 bits per heavy atom. The first-order valence-electron chi connectivity index (χ1n) is 8.04. The zero-order valence-electron chi connectivity index (χ0n) is 12.6. The van der Waals surface area contributed by atoms with Gasteiger partial charge >= 0.3 is 0 Å². The fraction of sp³-hybridized carbons (Fsp3) is 0.778. The minimum absolute atomic E-state index is 0.862. The first kappa shape index (κ1) is 17.7. The summed E-state index contributed by atoms with van der Waals surface area (Å²) in [4.78, 5) is 0. The van der Waals surface area contributed by atoms with E-state index in [0.717, 1.165) is 18.8 Å². The molecule has 18 heavy (non-hydrogen) atoms. The maximum Gasteiger partial charge on any atom is -0.0325 e. The number of unbranched alkanes of at least 4 members (excludes halogenated alkanes) is 8. The van der Waals surface area contributed by atoms with E-state index in [0.29, 0.717) is 0 Å². The van der Waals surface area contributed by atoms with Crippen LogP contribution < -0.4 is 0 Å². The molecular formula is C18H34. The molecule has 106 valence electrons. The van der Waals surface area contributed by atoms with Crippen molar-refractivity contribution in [2.24, 2.45) is 5.92 Å². The molecule has 0 heterocycles. The fourth-order valence-electron chi connectivity index (χ4n) is 2.20. The molecule has 0 saturated carbocycles. The van der Waals surface area contributed by atoms with Gasteiger partial charge in [0.1, 0.15) is 0 Å². The van der Waals surface area contributed by atoms with Crippen LogP contribution in [-0.2, 0) is 0 Å². The van der Waals surface area contributed by atoms with Gasteiger partial charge in [-0.3, -0.25) is 0 Å². The second kappa shape index (κ2) is 14.8. The predicted octanol–water partition coefficient (Wildman–Crippen LogP) is 6.53. The molecule has 0 aliphatic carbocycles. The third kappa shape index (κ3) is 13.8. The van der Waals surface area contributed by atoms with Gasteiger partial charge in [0, 0.05) is 0 Å². The van der Waals surface area contributed by atoms with Gasteiger partial charge in [-0.15, -0.1) is 0 Å². The van der Waals surface area contributed by atoms with Gasteiger partial charge in [-0.2, -0.15) is 0 Å². The fourth-order valence-corrected chi connectivity index (χ4v) is 2.20. The smallest absolute Gasteiger partial charge is 0.0325 e. The van der Waals surface area contributed by atoms with E-state index in [2.05, 4.69) is 32.9 Å². The largest absolute Gasteiger partial charge is 0.0885 e. The molecule has 1 atom stereocenters. The van der Waals surface area contributed by atoms with Gasteiger partial charge in [0.15, 0.2) is 0 Å². The number of hydrogen-bond acceptors (Lipinski definition) is 0. The Hall–Kier alpha value is -0.260. The minimum Gasteiger partial charge on any atom is -0.0885 e. The lowest BCUT2D eigenvalue weighted by Gasteiger charge is -2.08. The van der Waals surface area contributed by atoms with Crippen molar-refractivity contribution < 1.29 is 0 Å². The van der Waals surface area contributed by atoms with E-state index in [9.17, 15) is 0 Å². The molecule has 0 aliphatic rings. The van der Waals surface area contributed by atoms with Crippen LogP contribution in [0.1, 0.15) is 84.0 Å². The van der Waals surface area contributed by atoms with Crippen LogP contribution in [0.4, 0.5) is 0 Å². The molecule has 0 aliphatic heterocycles. The monoisotopic (exact) mass is 250 g/mol. The molecule has 0 aromatic carbocycles. The van der Waals surface area contributed by atoms with Crippen LogP contribution in [0.3, 0.4) is 0 Å². The lowest BCUT2D eigenvalue weighted by molar-refractivity contribution is 0.486. The summed E-state index contributed by atoms with van der Waals surface area (Å²) < 4.78 is 0. The van der Waals surface area contributed by atoms with E-state index in [1.165, 1.54) is 64.2 Å². The Labute approximate surface area is 116 Å². The highest BCUT2D eigenvalue weighted by molar-refractivity contribution is 4.83. The normalized spacial score (nSPS) is 13.3. The van der Waals surface area contributed by atoms with Crippen molar-refractivity contribution in [3.63, 3.8) is 0 Å². The maximum absolute atomic E-state index is 3.88. The Balaban J connectivity index is 3.21. The second-order valence-electron chi connectivity index (χ2n) is 5.57. The van der Waals surface area contributed by atoms with Crippen molar-refractivity contribution in [1.29, 1.82) is 0 Å². The van der Waals surface area contributed by atoms with E-state index in [4.69, 9.17) is 0 Å². The molecule has 0 nitrogen and oxygen atoms in total. The molecule has 1 unspecified atom stereocenters. The van der Waals surface area contributed by atoms with Gasteiger partial charge in [-0.25, -0.2) is 0 Å². The number of allylic oxidation sites excluding steroid dienone is 2. The summed E-state index contributed by atoms with van der Waals surface area (Å²) in [7, 11) is 0. The van der Waals surface area contributed by atoms with Crippen molar-refractivity contribution in [1.82, 2.24) is 0 Å². The standard InChI is InChI=1S/C18H34/c1-4-6-8-10-11-13-15-17-18(3)16-14-12-9-7-5-2/h12,14,18H,1-2,4-11,13,15-17H2,3H3/b14-12+. The van der Waals surface area contributed by atoms with Gasteiger partial charge in [-0.1, -0.05) is 90.7 Å². The van der Waals surface area contributed by atoms with Crippen molar-refractivity contribution in [2.45, 2.75) is 84.0 Å². The molecule has 0 fully saturated rings. The first-order valence-corrected chi connectivity index (χ1v) is 8.04. The average molecular weight is 250 g/mol. The van der Waals surface area contributed by atoms with Crippen molar-refractivity contribution in [3.05, 3.63) is 26.0 Å². The summed E-state index contributed by atoms with van der Waals surface area (Å²) in [6, 6.07) is 0. The van der Waals surface area contributed by atoms with Crippen LogP contribution in [0, 0.1) is 19.8 Å². The van der Waals surface area contributed by atoms with Gasteiger partial charge in [-0.05, 0) is 25.2 Å². The first-order chi connectivity index (χ1) is 8.81. The van der Waals surface area contributed by atoms with Crippen LogP contribution in [0.5, 0.6) is 0 Å². The van der Waals surface area contributed by atoms with E-state index >= 15 is 0 Å². The zero-order valence-corrected chi connectivity index (χ0v) is 12.6. The minimum atomic E-state index is 0.862. The average Bonchev–Trinajstić information content (AvgIpc) is 2.37. The Morgan fingerprint density at radius 3 is 2.06 bits per heavy atom. The lowest BCUT2D eigenvalue weighted by Crippen LogP contribution is -1.92. The third-order valence-corrected chi connectivity index (χ3v) is 3.52. The zero-order chi connectivity index (χ0) is 13.5. The quantitative estimate of drug-likeness (QED) is 0.257. The van der Waals surface area contributed by atoms with Crippen LogP contribution in [0.2, 0.25) is 0 Å². The van der Waals surface area contributed by atoms with E-state index in [1.54, 1.807) is 0 Å².